The van der Waals surface area contributed by atoms with Gasteiger partial charge in [-0.25, -0.2) is 0 Å². The quantitative estimate of drug-likeness (QED) is 0.0500. The van der Waals surface area contributed by atoms with Gasteiger partial charge in [-0.15, -0.1) is 0 Å². The van der Waals surface area contributed by atoms with Gasteiger partial charge in [-0.1, -0.05) is 137 Å². The fourth-order valence-electron chi connectivity index (χ4n) is 19.1. The molecule has 784 valence electrons. The molecule has 0 aliphatic carbocycles. The third-order valence-electron chi connectivity index (χ3n) is 27.9. The van der Waals surface area contributed by atoms with E-state index in [0.717, 1.165) is 9.80 Å². The number of aliphatic hydroxyl groups excluding tert-OH is 4. The minimum atomic E-state index is -1.99. The Bertz CT molecular complexity index is 3960. The summed E-state index contributed by atoms with van der Waals surface area (Å²) < 4.78 is 37.1. The number of nitrogens with zero attached hydrogens (tertiary/aromatic N) is 8. The van der Waals surface area contributed by atoms with Crippen LogP contribution in [0.5, 0.6) is 0 Å². The maximum atomic E-state index is 15.1. The molecule has 0 saturated carbocycles. The molecule has 4 aliphatic heterocycles. The van der Waals surface area contributed by atoms with Crippen LogP contribution in [0.1, 0.15) is 251 Å². The molecule has 4 saturated heterocycles. The van der Waals surface area contributed by atoms with Crippen LogP contribution in [0.4, 0.5) is 0 Å². The molecule has 10 N–H and O–H groups in total. The maximum Gasteiger partial charge on any atom is 0.311 e. The van der Waals surface area contributed by atoms with E-state index in [9.17, 15) is 83.4 Å². The van der Waals surface area contributed by atoms with Gasteiger partial charge in [0.15, 0.2) is 12.6 Å². The smallest absolute Gasteiger partial charge is 0.311 e. The van der Waals surface area contributed by atoms with Crippen LogP contribution in [0.3, 0.4) is 0 Å². The average Bonchev–Trinajstić information content (AvgIpc) is 0.767. The van der Waals surface area contributed by atoms with Crippen LogP contribution in [0.2, 0.25) is 0 Å². The van der Waals surface area contributed by atoms with Gasteiger partial charge in [0.05, 0.1) is 60.3 Å². The Labute approximate surface area is 811 Å². The Morgan fingerprint density at radius 3 is 1.51 bits per heavy atom. The third kappa shape index (κ3) is 32.0. The van der Waals surface area contributed by atoms with E-state index in [1.165, 1.54) is 116 Å². The SMILES string of the molecule is C/C=C/C[C@@H](C)[C@@H](O)[C@H]1C(=O)N[C@@H](CC)C(=O)N(C)CC(=O)N(C)[C@@H](CC(C)C)C(=O)N[C@@H](C(C)C)C(=O)N(C)[C@@H](CC(C)C)C(=O)N[C@@H](C)C(=O)N[C@H](C)C(=O)N(C)[C@@H](CC(C)C)C(=O)N(C)[C@@H](CC(C)C)C(=O)N(C)[C@@H](C(C)C)C(=O)N1C.CC[C@H]1OC(=O)[C@H](C)[C@@H](O[C@H]2C[C@@](C)(OC)[C@@H](O)[C@H](C)O2)[C@H](C)[C@@H](O[C@@H]2O[C@H](C)C[C@H](N(C)C)[C@H]2O)[C@](C)(O)C[C@@H](C)C(=O)[C@H](C)[C@@H](O)[C@]1(C)O. The van der Waals surface area contributed by atoms with Crippen LogP contribution in [0.15, 0.2) is 12.2 Å². The Kier molecular flexibility index (Phi) is 48.2. The molecule has 4 aliphatic rings. The Morgan fingerprint density at radius 1 is 0.537 bits per heavy atom. The molecule has 4 rings (SSSR count). The number of cyclic esters (lactones) is 1. The van der Waals surface area contributed by atoms with Crippen molar-refractivity contribution in [2.75, 3.05) is 77.1 Å². The summed E-state index contributed by atoms with van der Waals surface area (Å²) in [6.07, 6.45) is -6.66. The first-order chi connectivity index (χ1) is 62.6. The number of nitrogens with one attached hydrogen (secondary N) is 4. The summed E-state index contributed by atoms with van der Waals surface area (Å²) in [7, 11) is 15.1. The van der Waals surface area contributed by atoms with Crippen LogP contribution < -0.4 is 21.3 Å². The zero-order chi connectivity index (χ0) is 105. The van der Waals surface area contributed by atoms with Crippen LogP contribution in [0.25, 0.3) is 0 Å². The molecule has 0 aromatic heterocycles. The number of ether oxygens (including phenoxy) is 6. The number of ketones is 1. The van der Waals surface area contributed by atoms with E-state index in [4.69, 9.17) is 28.4 Å². The van der Waals surface area contributed by atoms with E-state index in [0.29, 0.717) is 12.8 Å². The number of Topliss-reactive ketones (excluding diaryl/α,β-unsaturated/α-hetero) is 1. The second-order valence-corrected chi connectivity index (χ2v) is 42.6. The van der Waals surface area contributed by atoms with Crippen molar-refractivity contribution in [1.82, 2.24) is 60.5 Å². The zero-order valence-electron chi connectivity index (χ0n) is 89.0. The van der Waals surface area contributed by atoms with Crippen molar-refractivity contribution >= 4 is 76.7 Å². The Morgan fingerprint density at radius 2 is 1.02 bits per heavy atom. The van der Waals surface area contributed by atoms with Crippen LogP contribution >= 0.6 is 0 Å². The maximum absolute atomic E-state index is 15.1. The fourth-order valence-corrected chi connectivity index (χ4v) is 19.1. The number of carbonyl (C=O) groups is 13. The van der Waals surface area contributed by atoms with Crippen molar-refractivity contribution in [2.45, 2.75) is 402 Å². The molecular formula is C99H178N12O25. The van der Waals surface area contributed by atoms with Crippen molar-refractivity contribution < 1.29 is 121 Å². The van der Waals surface area contributed by atoms with Crippen molar-refractivity contribution in [2.24, 2.45) is 65.1 Å². The summed E-state index contributed by atoms with van der Waals surface area (Å²) in [6, 6.07) is -12.7. The van der Waals surface area contributed by atoms with Gasteiger partial charge in [-0.2, -0.15) is 0 Å². The van der Waals surface area contributed by atoms with Gasteiger partial charge in [-0.3, -0.25) is 62.3 Å². The number of amides is 11. The molecule has 0 spiro atoms. The van der Waals surface area contributed by atoms with Crippen LogP contribution in [-0.2, 0) is 90.8 Å². The minimum Gasteiger partial charge on any atom is -0.459 e. The molecule has 37 nitrogen and oxygen atoms in total. The lowest BCUT2D eigenvalue weighted by Gasteiger charge is -2.49. The summed E-state index contributed by atoms with van der Waals surface area (Å²) in [5.74, 6) is -14.7. The van der Waals surface area contributed by atoms with E-state index in [1.807, 2.05) is 87.4 Å². The van der Waals surface area contributed by atoms with E-state index in [-0.39, 0.29) is 87.2 Å². The van der Waals surface area contributed by atoms with E-state index in [1.54, 1.807) is 96.1 Å². The molecule has 0 aromatic carbocycles. The first kappa shape index (κ1) is 123. The largest absolute Gasteiger partial charge is 0.459 e. The monoisotopic (exact) mass is 1940 g/mol. The number of esters is 1. The third-order valence-corrected chi connectivity index (χ3v) is 27.9. The molecule has 0 unspecified atom stereocenters. The van der Waals surface area contributed by atoms with Gasteiger partial charge in [0, 0.05) is 86.7 Å². The number of allylic oxidation sites excluding steroid dienone is 2. The lowest BCUT2D eigenvalue weighted by molar-refractivity contribution is -0.318. The predicted octanol–water partition coefficient (Wildman–Crippen LogP) is 5.05. The van der Waals surface area contributed by atoms with Gasteiger partial charge in [-0.05, 0) is 176 Å². The molecule has 0 radical (unpaired) electrons. The molecule has 30 atom stereocenters. The van der Waals surface area contributed by atoms with E-state index in [2.05, 4.69) is 21.3 Å². The lowest BCUT2D eigenvalue weighted by Crippen LogP contribution is -2.63. The number of hydrogen-bond acceptors (Lipinski definition) is 26. The number of rotatable bonds is 22. The standard InChI is InChI=1S/C62H111N11O12.C37H67NO13/c1-25-27-28-40(15)52(75)51-56(79)65-43(26-2)58(81)67(18)33-48(74)68(19)44(29-34(3)4)55(78)66-49(38(11)12)61(84)69(20)45(30-35(5)6)54(77)63-41(16)53(76)64-42(17)57(80)70(21)46(31-36(7)8)59(82)71(22)47(32-37(9)10)60(83)72(23)50(39(13)14)62(85)73(51)24;1-14-25-37(10,45)30(41)20(4)27(39)18(2)16-35(8,44)32(51-34-28(40)24(38(11)12)15-19(3)47-34)21(5)29(22(6)33(43)49-25)50-26-17-36(9,46-13)31(42)23(7)48-26/h25,27,34-47,49-52,75H,26,28-33H2,1-24H3,(H,63,77)(H,64,76)(H,65,79)(H,66,78);18-26,28-32,34,40-42,44-45H,14-17H2,1-13H3/b27-25+;/t40-,41+,42-,43+,44+,45+,46+,47+,49+,50+,51+,52-;18-,19-,20+,21+,22-,23+,24+,25-,26+,28-,29+,30-,31+,32-,34+,35-,36-,37-/m11/s1. The molecule has 0 bridgehead atoms. The summed E-state index contributed by atoms with van der Waals surface area (Å²) >= 11 is 0. The normalized spacial score (nSPS) is 35.5. The average molecular weight is 1940 g/mol. The lowest BCUT2D eigenvalue weighted by atomic mass is 9.74. The van der Waals surface area contributed by atoms with Crippen LogP contribution in [-0.4, -0.2) is 374 Å². The Balaban J connectivity index is 0.000000790. The van der Waals surface area contributed by atoms with E-state index >= 15 is 9.59 Å². The Hall–Kier alpha value is -7.43. The van der Waals surface area contributed by atoms with Gasteiger partial charge in [0.1, 0.15) is 90.1 Å². The molecule has 37 heteroatoms. The van der Waals surface area contributed by atoms with E-state index < -0.39 is 263 Å². The second-order valence-electron chi connectivity index (χ2n) is 42.6. The molecule has 4 fully saturated rings. The molecule has 136 heavy (non-hydrogen) atoms. The summed E-state index contributed by atoms with van der Waals surface area (Å²) in [5, 5.41) is 80.7. The van der Waals surface area contributed by atoms with Crippen molar-refractivity contribution in [1.29, 1.82) is 0 Å². The predicted molar refractivity (Wildman–Crippen MR) is 515 cm³/mol. The molecular weight excluding hydrogens is 1760 g/mol. The van der Waals surface area contributed by atoms with Crippen molar-refractivity contribution in [3.8, 4) is 0 Å². The number of aliphatic hydroxyl groups is 6. The number of methoxy groups -OCH3 is 1. The number of likely N-dealkylation sites (N-methyl/N-ethyl adjacent to an activating group) is 8. The topological polar surface area (TPSA) is 473 Å². The van der Waals surface area contributed by atoms with Gasteiger partial charge in [0.2, 0.25) is 65.0 Å². The highest BCUT2D eigenvalue weighted by Gasteiger charge is 2.56. The highest BCUT2D eigenvalue weighted by atomic mass is 16.7. The summed E-state index contributed by atoms with van der Waals surface area (Å²) in [6.45, 7) is 45.7. The zero-order valence-corrected chi connectivity index (χ0v) is 89.0. The first-order valence-electron chi connectivity index (χ1n) is 49.1. The molecule has 4 heterocycles. The number of carbonyl (C=O) groups excluding carboxylic acids is 13. The fraction of sp³-hybridized carbons (Fsp3) is 0.848. The van der Waals surface area contributed by atoms with Crippen molar-refractivity contribution in [3.05, 3.63) is 12.2 Å². The van der Waals surface area contributed by atoms with Gasteiger partial charge >= 0.3 is 5.97 Å². The van der Waals surface area contributed by atoms with Gasteiger partial charge in [0.25, 0.3) is 0 Å². The summed E-state index contributed by atoms with van der Waals surface area (Å²) in [4.78, 5) is 198. The van der Waals surface area contributed by atoms with Crippen molar-refractivity contribution in [3.63, 3.8) is 0 Å². The highest BCUT2D eigenvalue weighted by molar-refractivity contribution is 6.00. The first-order valence-corrected chi connectivity index (χ1v) is 49.1. The van der Waals surface area contributed by atoms with Crippen LogP contribution in [0, 0.1) is 65.1 Å². The summed E-state index contributed by atoms with van der Waals surface area (Å²) in [5.41, 5.74) is -4.84. The molecule has 11 amide bonds. The highest BCUT2D eigenvalue weighted by Crippen LogP contribution is 2.42. The second kappa shape index (κ2) is 53.4. The molecule has 0 aromatic rings. The number of hydrogen-bond donors (Lipinski definition) is 10. The minimum absolute atomic E-state index is 0.0229. The van der Waals surface area contributed by atoms with Gasteiger partial charge < -0.3 is 120 Å².